The zero-order valence-electron chi connectivity index (χ0n) is 8.37. The smallest absolute Gasteiger partial charge is 0.0577 e. The van der Waals surface area contributed by atoms with E-state index >= 15 is 0 Å². The molecule has 0 aliphatic heterocycles. The van der Waals surface area contributed by atoms with E-state index in [1.54, 1.807) is 0 Å². The SMILES string of the molecule is C[C@@]12CCCC(O)[C@@H]1C(CO)CC2. The fourth-order valence-corrected chi connectivity index (χ4v) is 3.60. The van der Waals surface area contributed by atoms with Crippen LogP contribution in [0.25, 0.3) is 0 Å². The fourth-order valence-electron chi connectivity index (χ4n) is 3.60. The van der Waals surface area contributed by atoms with E-state index in [0.717, 1.165) is 19.3 Å². The summed E-state index contributed by atoms with van der Waals surface area (Å²) in [6.45, 7) is 2.55. The van der Waals surface area contributed by atoms with Crippen LogP contribution in [0.5, 0.6) is 0 Å². The minimum atomic E-state index is -0.154. The van der Waals surface area contributed by atoms with E-state index in [9.17, 15) is 10.2 Å². The molecule has 0 amide bonds. The first kappa shape index (κ1) is 9.47. The predicted octanol–water partition coefficient (Wildman–Crippen LogP) is 1.56. The average molecular weight is 184 g/mol. The van der Waals surface area contributed by atoms with Gasteiger partial charge in [-0.1, -0.05) is 13.3 Å². The van der Waals surface area contributed by atoms with Crippen molar-refractivity contribution < 1.29 is 10.2 Å². The van der Waals surface area contributed by atoms with Gasteiger partial charge in [-0.15, -0.1) is 0 Å². The monoisotopic (exact) mass is 184 g/mol. The summed E-state index contributed by atoms with van der Waals surface area (Å²) in [7, 11) is 0. The van der Waals surface area contributed by atoms with Gasteiger partial charge in [0.2, 0.25) is 0 Å². The first-order valence-corrected chi connectivity index (χ1v) is 5.46. The molecule has 2 rings (SSSR count). The number of aliphatic hydroxyl groups is 2. The lowest BCUT2D eigenvalue weighted by Gasteiger charge is -2.41. The second kappa shape index (κ2) is 3.25. The van der Waals surface area contributed by atoms with Gasteiger partial charge in [0, 0.05) is 6.61 Å². The van der Waals surface area contributed by atoms with Crippen molar-refractivity contribution in [3.63, 3.8) is 0 Å². The topological polar surface area (TPSA) is 40.5 Å². The van der Waals surface area contributed by atoms with Crippen molar-refractivity contribution >= 4 is 0 Å². The molecule has 2 N–H and O–H groups in total. The third kappa shape index (κ3) is 1.40. The van der Waals surface area contributed by atoms with Gasteiger partial charge in [0.05, 0.1) is 6.10 Å². The van der Waals surface area contributed by atoms with Gasteiger partial charge < -0.3 is 10.2 Å². The van der Waals surface area contributed by atoms with Crippen LogP contribution < -0.4 is 0 Å². The highest BCUT2D eigenvalue weighted by molar-refractivity contribution is 4.99. The van der Waals surface area contributed by atoms with E-state index in [0.29, 0.717) is 17.3 Å². The normalized spacial score (nSPS) is 50.5. The molecule has 2 nitrogen and oxygen atoms in total. The lowest BCUT2D eigenvalue weighted by atomic mass is 9.66. The number of hydrogen-bond acceptors (Lipinski definition) is 2. The summed E-state index contributed by atoms with van der Waals surface area (Å²) >= 11 is 0. The lowest BCUT2D eigenvalue weighted by molar-refractivity contribution is -0.0279. The second-order valence-electron chi connectivity index (χ2n) is 5.12. The summed E-state index contributed by atoms with van der Waals surface area (Å²) in [5.74, 6) is 0.728. The number of fused-ring (bicyclic) bond motifs is 1. The summed E-state index contributed by atoms with van der Waals surface area (Å²) < 4.78 is 0. The predicted molar refractivity (Wildman–Crippen MR) is 51.3 cm³/mol. The molecule has 4 atom stereocenters. The van der Waals surface area contributed by atoms with Gasteiger partial charge in [0.25, 0.3) is 0 Å². The van der Waals surface area contributed by atoms with E-state index in [1.165, 1.54) is 12.8 Å². The van der Waals surface area contributed by atoms with Crippen molar-refractivity contribution in [2.75, 3.05) is 6.61 Å². The van der Waals surface area contributed by atoms with Gasteiger partial charge in [-0.3, -0.25) is 0 Å². The van der Waals surface area contributed by atoms with Crippen LogP contribution in [0.3, 0.4) is 0 Å². The molecule has 2 saturated carbocycles. The van der Waals surface area contributed by atoms with Gasteiger partial charge in [0.15, 0.2) is 0 Å². The third-order valence-corrected chi connectivity index (χ3v) is 4.30. The molecule has 0 saturated heterocycles. The van der Waals surface area contributed by atoms with Crippen LogP contribution in [0, 0.1) is 17.3 Å². The van der Waals surface area contributed by atoms with Crippen molar-refractivity contribution in [3.8, 4) is 0 Å². The molecule has 2 aliphatic rings. The van der Waals surface area contributed by atoms with Crippen LogP contribution in [-0.4, -0.2) is 22.9 Å². The number of aliphatic hydroxyl groups excluding tert-OH is 2. The molecule has 0 aromatic heterocycles. The summed E-state index contributed by atoms with van der Waals surface area (Å²) in [6.07, 6.45) is 5.49. The highest BCUT2D eigenvalue weighted by Crippen LogP contribution is 2.54. The van der Waals surface area contributed by atoms with E-state index < -0.39 is 0 Å². The molecule has 2 unspecified atom stereocenters. The molecule has 0 bridgehead atoms. The fraction of sp³-hybridized carbons (Fsp3) is 1.00. The van der Waals surface area contributed by atoms with E-state index in [-0.39, 0.29) is 12.7 Å². The molecule has 0 aromatic carbocycles. The second-order valence-corrected chi connectivity index (χ2v) is 5.12. The Kier molecular flexibility index (Phi) is 2.37. The standard InChI is InChI=1S/C11H20O2/c1-11-5-2-3-9(13)10(11)8(7-12)4-6-11/h8-10,12-13H,2-7H2,1H3/t8?,9?,10-,11-/m0/s1. The zero-order valence-corrected chi connectivity index (χ0v) is 8.37. The third-order valence-electron chi connectivity index (χ3n) is 4.30. The van der Waals surface area contributed by atoms with Gasteiger partial charge in [-0.25, -0.2) is 0 Å². The molecule has 76 valence electrons. The molecule has 2 aliphatic carbocycles. The maximum atomic E-state index is 9.93. The molecule has 2 fully saturated rings. The minimum absolute atomic E-state index is 0.154. The van der Waals surface area contributed by atoms with Crippen LogP contribution in [0.4, 0.5) is 0 Å². The zero-order chi connectivity index (χ0) is 9.47. The molecule has 0 spiro atoms. The van der Waals surface area contributed by atoms with Crippen LogP contribution >= 0.6 is 0 Å². The van der Waals surface area contributed by atoms with E-state index in [1.807, 2.05) is 0 Å². The quantitative estimate of drug-likeness (QED) is 0.649. The van der Waals surface area contributed by atoms with Crippen molar-refractivity contribution in [1.82, 2.24) is 0 Å². The Hall–Kier alpha value is -0.0800. The average Bonchev–Trinajstić information content (AvgIpc) is 2.43. The molecular weight excluding hydrogens is 164 g/mol. The summed E-state index contributed by atoms with van der Waals surface area (Å²) in [4.78, 5) is 0. The Labute approximate surface area is 80.0 Å². The van der Waals surface area contributed by atoms with Gasteiger partial charge in [-0.05, 0) is 42.9 Å². The van der Waals surface area contributed by atoms with Crippen LogP contribution in [0.2, 0.25) is 0 Å². The first-order chi connectivity index (χ1) is 6.17. The van der Waals surface area contributed by atoms with E-state index in [4.69, 9.17) is 0 Å². The number of hydrogen-bond donors (Lipinski definition) is 2. The molecular formula is C11H20O2. The van der Waals surface area contributed by atoms with Gasteiger partial charge in [-0.2, -0.15) is 0 Å². The summed E-state index contributed by atoms with van der Waals surface area (Å²) in [5, 5.41) is 19.2. The minimum Gasteiger partial charge on any atom is -0.396 e. The van der Waals surface area contributed by atoms with Crippen LogP contribution in [0.1, 0.15) is 39.0 Å². The Morgan fingerprint density at radius 3 is 2.77 bits per heavy atom. The largest absolute Gasteiger partial charge is 0.396 e. The Morgan fingerprint density at radius 1 is 1.31 bits per heavy atom. The molecule has 2 heteroatoms. The maximum Gasteiger partial charge on any atom is 0.0577 e. The van der Waals surface area contributed by atoms with E-state index in [2.05, 4.69) is 6.92 Å². The van der Waals surface area contributed by atoms with Gasteiger partial charge in [0.1, 0.15) is 0 Å². The number of rotatable bonds is 1. The molecule has 13 heavy (non-hydrogen) atoms. The highest BCUT2D eigenvalue weighted by atomic mass is 16.3. The molecule has 0 aromatic rings. The maximum absolute atomic E-state index is 9.93. The van der Waals surface area contributed by atoms with Crippen molar-refractivity contribution in [1.29, 1.82) is 0 Å². The molecule has 0 heterocycles. The summed E-state index contributed by atoms with van der Waals surface area (Å²) in [6, 6.07) is 0. The van der Waals surface area contributed by atoms with Crippen LogP contribution in [0.15, 0.2) is 0 Å². The highest BCUT2D eigenvalue weighted by Gasteiger charge is 2.49. The Balaban J connectivity index is 2.18. The molecule has 0 radical (unpaired) electrons. The van der Waals surface area contributed by atoms with Crippen LogP contribution in [-0.2, 0) is 0 Å². The summed E-state index contributed by atoms with van der Waals surface area (Å²) in [5.41, 5.74) is 0.324. The lowest BCUT2D eigenvalue weighted by Crippen LogP contribution is -2.40. The Morgan fingerprint density at radius 2 is 2.08 bits per heavy atom. The Bertz CT molecular complexity index is 193. The first-order valence-electron chi connectivity index (χ1n) is 5.46. The van der Waals surface area contributed by atoms with Crippen molar-refractivity contribution in [2.24, 2.45) is 17.3 Å². The van der Waals surface area contributed by atoms with Crippen molar-refractivity contribution in [3.05, 3.63) is 0 Å². The van der Waals surface area contributed by atoms with Crippen molar-refractivity contribution in [2.45, 2.75) is 45.1 Å². The van der Waals surface area contributed by atoms with Gasteiger partial charge >= 0.3 is 0 Å².